The summed E-state index contributed by atoms with van der Waals surface area (Å²) in [6, 6.07) is 0. The van der Waals surface area contributed by atoms with E-state index in [9.17, 15) is 9.90 Å². The molecule has 0 amide bonds. The highest BCUT2D eigenvalue weighted by molar-refractivity contribution is 5.81. The Labute approximate surface area is 78.7 Å². The predicted octanol–water partition coefficient (Wildman–Crippen LogP) is 1.43. The van der Waals surface area contributed by atoms with E-state index in [1.54, 1.807) is 12.2 Å². The number of carbonyl (C=O) groups excluding carboxylic acids is 1. The van der Waals surface area contributed by atoms with Gasteiger partial charge in [0.2, 0.25) is 0 Å². The first kappa shape index (κ1) is 11.9. The summed E-state index contributed by atoms with van der Waals surface area (Å²) in [6.07, 6.45) is 7.64. The molecule has 3 heteroatoms. The lowest BCUT2D eigenvalue weighted by Crippen LogP contribution is -2.33. The van der Waals surface area contributed by atoms with Crippen LogP contribution in [-0.4, -0.2) is 23.8 Å². The van der Waals surface area contributed by atoms with Gasteiger partial charge in [-0.25, -0.2) is 4.79 Å². The maximum Gasteiger partial charge on any atom is 0.341 e. The molecule has 0 fully saturated rings. The lowest BCUT2D eigenvalue weighted by Gasteiger charge is -2.14. The van der Waals surface area contributed by atoms with Crippen molar-refractivity contribution in [3.8, 4) is 0 Å². The van der Waals surface area contributed by atoms with Crippen LogP contribution in [0.4, 0.5) is 0 Å². The fraction of sp³-hybridized carbons (Fsp3) is 0.500. The van der Waals surface area contributed by atoms with Crippen LogP contribution >= 0.6 is 0 Å². The molecule has 0 rings (SSSR count). The van der Waals surface area contributed by atoms with Gasteiger partial charge >= 0.3 is 5.97 Å². The van der Waals surface area contributed by atoms with E-state index in [0.717, 1.165) is 6.42 Å². The third-order valence-corrected chi connectivity index (χ3v) is 1.50. The van der Waals surface area contributed by atoms with Crippen LogP contribution in [0.25, 0.3) is 0 Å². The van der Waals surface area contributed by atoms with Gasteiger partial charge in [0.1, 0.15) is 0 Å². The molecule has 0 aliphatic carbocycles. The third-order valence-electron chi connectivity index (χ3n) is 1.50. The van der Waals surface area contributed by atoms with E-state index in [1.165, 1.54) is 20.1 Å². The molecule has 1 N–H and O–H groups in total. The van der Waals surface area contributed by atoms with Crippen molar-refractivity contribution in [1.82, 2.24) is 0 Å². The van der Waals surface area contributed by atoms with E-state index in [-0.39, 0.29) is 0 Å². The zero-order chi connectivity index (χ0) is 10.3. The fourth-order valence-electron chi connectivity index (χ4n) is 0.732. The van der Waals surface area contributed by atoms with Crippen molar-refractivity contribution in [3.63, 3.8) is 0 Å². The van der Waals surface area contributed by atoms with Gasteiger partial charge in [0, 0.05) is 0 Å². The minimum Gasteiger partial charge on any atom is -0.467 e. The number of ether oxygens (including phenoxy) is 1. The highest BCUT2D eigenvalue weighted by Crippen LogP contribution is 2.07. The van der Waals surface area contributed by atoms with Crippen LogP contribution < -0.4 is 0 Å². The molecule has 74 valence electrons. The molecule has 1 atom stereocenters. The summed E-state index contributed by atoms with van der Waals surface area (Å²) in [5.74, 6) is -0.659. The molecular weight excluding hydrogens is 168 g/mol. The number of rotatable bonds is 4. The van der Waals surface area contributed by atoms with Gasteiger partial charge < -0.3 is 9.84 Å². The van der Waals surface area contributed by atoms with Gasteiger partial charge in [-0.15, -0.1) is 0 Å². The van der Waals surface area contributed by atoms with Crippen LogP contribution in [0.2, 0.25) is 0 Å². The summed E-state index contributed by atoms with van der Waals surface area (Å²) in [6.45, 7) is 3.39. The Balaban J connectivity index is 4.23. The number of carbonyl (C=O) groups is 1. The maximum atomic E-state index is 10.9. The summed E-state index contributed by atoms with van der Waals surface area (Å²) in [5.41, 5.74) is -1.53. The monoisotopic (exact) mass is 184 g/mol. The average molecular weight is 184 g/mol. The molecule has 3 nitrogen and oxygen atoms in total. The molecule has 0 unspecified atom stereocenters. The van der Waals surface area contributed by atoms with Gasteiger partial charge in [-0.1, -0.05) is 25.2 Å². The molecule has 0 aromatic carbocycles. The van der Waals surface area contributed by atoms with Crippen molar-refractivity contribution >= 4 is 5.97 Å². The highest BCUT2D eigenvalue weighted by atomic mass is 16.5. The topological polar surface area (TPSA) is 46.5 Å². The maximum absolute atomic E-state index is 10.9. The molecule has 0 heterocycles. The zero-order valence-electron chi connectivity index (χ0n) is 8.28. The van der Waals surface area contributed by atoms with Crippen molar-refractivity contribution in [2.45, 2.75) is 25.9 Å². The molecule has 0 aromatic heterocycles. The van der Waals surface area contributed by atoms with Crippen molar-refractivity contribution in [1.29, 1.82) is 0 Å². The van der Waals surface area contributed by atoms with Crippen LogP contribution in [0, 0.1) is 0 Å². The fourth-order valence-corrected chi connectivity index (χ4v) is 0.732. The Morgan fingerprint density at radius 1 is 1.54 bits per heavy atom. The second-order valence-corrected chi connectivity index (χ2v) is 2.83. The normalized spacial score (nSPS) is 16.3. The van der Waals surface area contributed by atoms with Gasteiger partial charge in [-0.3, -0.25) is 0 Å². The van der Waals surface area contributed by atoms with Crippen LogP contribution in [0.3, 0.4) is 0 Å². The summed E-state index contributed by atoms with van der Waals surface area (Å²) in [4.78, 5) is 10.9. The molecule has 0 spiro atoms. The predicted molar refractivity (Wildman–Crippen MR) is 51.2 cm³/mol. The second-order valence-electron chi connectivity index (χ2n) is 2.83. The Bertz CT molecular complexity index is 214. The van der Waals surface area contributed by atoms with Crippen molar-refractivity contribution in [2.24, 2.45) is 0 Å². The lowest BCUT2D eigenvalue weighted by atomic mass is 10.1. The molecule has 0 saturated heterocycles. The first-order valence-electron chi connectivity index (χ1n) is 4.19. The molecular formula is C10H16O3. The lowest BCUT2D eigenvalue weighted by molar-refractivity contribution is -0.155. The second kappa shape index (κ2) is 5.54. The summed E-state index contributed by atoms with van der Waals surface area (Å²) in [7, 11) is 1.24. The molecule has 0 aromatic rings. The minimum absolute atomic E-state index is 0.659. The smallest absolute Gasteiger partial charge is 0.341 e. The van der Waals surface area contributed by atoms with Crippen LogP contribution in [-0.2, 0) is 9.53 Å². The number of esters is 1. The molecule has 0 aliphatic rings. The first-order valence-corrected chi connectivity index (χ1v) is 4.19. The standard InChI is InChI=1S/C10H16O3/c1-4-5-6-7-8-10(2,12)9(11)13-3/h5-8,12H,4H2,1-3H3/b6-5+,8-7+/t10-/m0/s1. The Morgan fingerprint density at radius 2 is 2.15 bits per heavy atom. The van der Waals surface area contributed by atoms with Crippen molar-refractivity contribution in [2.75, 3.05) is 7.11 Å². The Morgan fingerprint density at radius 3 is 2.62 bits per heavy atom. The summed E-state index contributed by atoms with van der Waals surface area (Å²) < 4.78 is 4.41. The highest BCUT2D eigenvalue weighted by Gasteiger charge is 2.27. The molecule has 0 saturated carbocycles. The Hall–Kier alpha value is -1.09. The van der Waals surface area contributed by atoms with Gasteiger partial charge in [0.05, 0.1) is 7.11 Å². The van der Waals surface area contributed by atoms with Crippen molar-refractivity contribution in [3.05, 3.63) is 24.3 Å². The number of methoxy groups -OCH3 is 1. The quantitative estimate of drug-likeness (QED) is 0.531. The SMILES string of the molecule is CC/C=C/C=C/[C@](C)(O)C(=O)OC. The van der Waals surface area contributed by atoms with E-state index >= 15 is 0 Å². The number of hydrogen-bond donors (Lipinski definition) is 1. The van der Waals surface area contributed by atoms with Crippen molar-refractivity contribution < 1.29 is 14.6 Å². The van der Waals surface area contributed by atoms with E-state index < -0.39 is 11.6 Å². The van der Waals surface area contributed by atoms with Crippen LogP contribution in [0.15, 0.2) is 24.3 Å². The van der Waals surface area contributed by atoms with Gasteiger partial charge in [-0.05, 0) is 19.4 Å². The van der Waals surface area contributed by atoms with E-state index in [2.05, 4.69) is 4.74 Å². The summed E-state index contributed by atoms with van der Waals surface area (Å²) >= 11 is 0. The summed E-state index contributed by atoms with van der Waals surface area (Å²) in [5, 5.41) is 9.49. The zero-order valence-corrected chi connectivity index (χ0v) is 8.28. The number of aliphatic hydroxyl groups is 1. The number of allylic oxidation sites excluding steroid dienone is 3. The van der Waals surface area contributed by atoms with E-state index in [1.807, 2.05) is 13.0 Å². The number of hydrogen-bond acceptors (Lipinski definition) is 3. The largest absolute Gasteiger partial charge is 0.467 e. The molecule has 0 bridgehead atoms. The van der Waals surface area contributed by atoms with Gasteiger partial charge in [0.25, 0.3) is 0 Å². The first-order chi connectivity index (χ1) is 6.04. The third kappa shape index (κ3) is 4.48. The Kier molecular flexibility index (Phi) is 5.07. The molecule has 0 radical (unpaired) electrons. The van der Waals surface area contributed by atoms with E-state index in [0.29, 0.717) is 0 Å². The van der Waals surface area contributed by atoms with Crippen LogP contribution in [0.5, 0.6) is 0 Å². The van der Waals surface area contributed by atoms with Gasteiger partial charge in [-0.2, -0.15) is 0 Å². The van der Waals surface area contributed by atoms with Gasteiger partial charge in [0.15, 0.2) is 5.60 Å². The average Bonchev–Trinajstić information content (AvgIpc) is 2.11. The molecule has 13 heavy (non-hydrogen) atoms. The van der Waals surface area contributed by atoms with Crippen LogP contribution in [0.1, 0.15) is 20.3 Å². The van der Waals surface area contributed by atoms with E-state index in [4.69, 9.17) is 0 Å². The molecule has 0 aliphatic heterocycles. The minimum atomic E-state index is -1.53.